The van der Waals surface area contributed by atoms with E-state index in [9.17, 15) is 19.5 Å². The lowest BCUT2D eigenvalue weighted by atomic mass is 9.98. The molecule has 9 heteroatoms. The number of alkyl carbamates (subject to hydrolysis) is 1. The number of carboxylic acid groups (broad SMARTS) is 1. The number of aryl methyl sites for hydroxylation is 1. The van der Waals surface area contributed by atoms with Crippen molar-refractivity contribution in [1.29, 1.82) is 0 Å². The van der Waals surface area contributed by atoms with Gasteiger partial charge in [0.15, 0.2) is 5.82 Å². The molecule has 2 amide bonds. The fourth-order valence-electron chi connectivity index (χ4n) is 4.23. The van der Waals surface area contributed by atoms with E-state index in [0.717, 1.165) is 22.3 Å². The molecular formula is C25H26N4O5. The Hall–Kier alpha value is -4.14. The molecule has 0 spiro atoms. The molecule has 0 bridgehead atoms. The SMILES string of the molecule is CCC(CNC(=O)OCC1c2ccccc2-c2ccccc21)C(=O)Nc1nn(C)cc1C(=O)O. The normalized spacial score (nSPS) is 13.0. The number of amides is 2. The Morgan fingerprint density at radius 1 is 1.09 bits per heavy atom. The van der Waals surface area contributed by atoms with Crippen LogP contribution in [0.1, 0.15) is 40.7 Å². The van der Waals surface area contributed by atoms with Crippen LogP contribution in [0.25, 0.3) is 11.1 Å². The maximum atomic E-state index is 12.6. The molecule has 3 N–H and O–H groups in total. The first-order valence-corrected chi connectivity index (χ1v) is 11.1. The zero-order valence-electron chi connectivity index (χ0n) is 18.9. The predicted octanol–water partition coefficient (Wildman–Crippen LogP) is 3.62. The highest BCUT2D eigenvalue weighted by molar-refractivity contribution is 6.00. The summed E-state index contributed by atoms with van der Waals surface area (Å²) in [6.07, 6.45) is 1.13. The summed E-state index contributed by atoms with van der Waals surface area (Å²) < 4.78 is 6.83. The summed E-state index contributed by atoms with van der Waals surface area (Å²) in [5.74, 6) is -2.28. The Balaban J connectivity index is 1.34. The largest absolute Gasteiger partial charge is 0.477 e. The molecule has 1 aromatic heterocycles. The van der Waals surface area contributed by atoms with Crippen molar-refractivity contribution in [2.24, 2.45) is 13.0 Å². The third kappa shape index (κ3) is 4.63. The van der Waals surface area contributed by atoms with Crippen LogP contribution >= 0.6 is 0 Å². The Bertz CT molecular complexity index is 1190. The molecule has 1 aliphatic carbocycles. The van der Waals surface area contributed by atoms with Gasteiger partial charge in [-0.15, -0.1) is 0 Å². The standard InChI is InChI=1S/C25H26N4O5/c1-3-15(23(30)27-22-20(24(31)32)13-29(2)28-22)12-26-25(33)34-14-21-18-10-6-4-8-16(18)17-9-5-7-11-19(17)21/h4-11,13,15,21H,3,12,14H2,1-2H3,(H,26,33)(H,31,32)(H,27,28,30). The zero-order chi connectivity index (χ0) is 24.2. The van der Waals surface area contributed by atoms with Crippen LogP contribution in [0, 0.1) is 5.92 Å². The molecule has 34 heavy (non-hydrogen) atoms. The number of anilines is 1. The van der Waals surface area contributed by atoms with Crippen LogP contribution in [0.2, 0.25) is 0 Å². The van der Waals surface area contributed by atoms with E-state index in [1.54, 1.807) is 14.0 Å². The summed E-state index contributed by atoms with van der Waals surface area (Å²) in [7, 11) is 1.57. The number of hydrogen-bond donors (Lipinski definition) is 3. The second-order valence-corrected chi connectivity index (χ2v) is 8.17. The second-order valence-electron chi connectivity index (χ2n) is 8.17. The van der Waals surface area contributed by atoms with Gasteiger partial charge in [-0.25, -0.2) is 9.59 Å². The van der Waals surface area contributed by atoms with Gasteiger partial charge in [0.25, 0.3) is 0 Å². The number of benzene rings is 2. The minimum absolute atomic E-state index is 0.0282. The summed E-state index contributed by atoms with van der Waals surface area (Å²) in [5, 5.41) is 18.4. The van der Waals surface area contributed by atoms with Crippen molar-refractivity contribution in [1.82, 2.24) is 15.1 Å². The van der Waals surface area contributed by atoms with Crippen LogP contribution in [0.4, 0.5) is 10.6 Å². The van der Waals surface area contributed by atoms with Crippen LogP contribution in [0.3, 0.4) is 0 Å². The number of hydrogen-bond acceptors (Lipinski definition) is 5. The molecule has 1 atom stereocenters. The summed E-state index contributed by atoms with van der Waals surface area (Å²) in [4.78, 5) is 36.4. The summed E-state index contributed by atoms with van der Waals surface area (Å²) >= 11 is 0. The molecule has 176 valence electrons. The van der Waals surface area contributed by atoms with E-state index in [2.05, 4.69) is 27.9 Å². The number of aromatic carboxylic acids is 1. The minimum atomic E-state index is -1.19. The van der Waals surface area contributed by atoms with Crippen molar-refractivity contribution in [2.45, 2.75) is 19.3 Å². The van der Waals surface area contributed by atoms with E-state index in [1.807, 2.05) is 36.4 Å². The van der Waals surface area contributed by atoms with Crippen molar-refractivity contribution in [3.63, 3.8) is 0 Å². The lowest BCUT2D eigenvalue weighted by molar-refractivity contribution is -0.119. The third-order valence-electron chi connectivity index (χ3n) is 6.00. The average Bonchev–Trinajstić information content (AvgIpc) is 3.35. The van der Waals surface area contributed by atoms with Crippen molar-refractivity contribution < 1.29 is 24.2 Å². The number of nitrogens with one attached hydrogen (secondary N) is 2. The van der Waals surface area contributed by atoms with Gasteiger partial charge in [0, 0.05) is 25.7 Å². The van der Waals surface area contributed by atoms with E-state index >= 15 is 0 Å². The summed E-state index contributed by atoms with van der Waals surface area (Å²) in [6, 6.07) is 16.1. The van der Waals surface area contributed by atoms with Gasteiger partial charge in [-0.1, -0.05) is 55.5 Å². The highest BCUT2D eigenvalue weighted by Gasteiger charge is 2.29. The molecular weight excluding hydrogens is 436 g/mol. The van der Waals surface area contributed by atoms with Crippen LogP contribution in [-0.2, 0) is 16.6 Å². The number of carboxylic acids is 1. The van der Waals surface area contributed by atoms with Gasteiger partial charge in [-0.2, -0.15) is 5.10 Å². The van der Waals surface area contributed by atoms with Crippen molar-refractivity contribution in [2.75, 3.05) is 18.5 Å². The van der Waals surface area contributed by atoms with Crippen molar-refractivity contribution in [3.8, 4) is 11.1 Å². The maximum absolute atomic E-state index is 12.6. The highest BCUT2D eigenvalue weighted by atomic mass is 16.5. The monoisotopic (exact) mass is 462 g/mol. The Morgan fingerprint density at radius 2 is 1.71 bits per heavy atom. The molecule has 4 rings (SSSR count). The van der Waals surface area contributed by atoms with E-state index < -0.39 is 23.9 Å². The first kappa shape index (κ1) is 23.0. The van der Waals surface area contributed by atoms with Crippen molar-refractivity contribution >= 4 is 23.8 Å². The van der Waals surface area contributed by atoms with Gasteiger partial charge in [0.05, 0.1) is 5.92 Å². The van der Waals surface area contributed by atoms with Gasteiger partial charge in [0.2, 0.25) is 5.91 Å². The number of carbonyl (C=O) groups excluding carboxylic acids is 2. The Kier molecular flexibility index (Phi) is 6.62. The summed E-state index contributed by atoms with van der Waals surface area (Å²) in [5.41, 5.74) is 4.42. The van der Waals surface area contributed by atoms with Gasteiger partial charge >= 0.3 is 12.1 Å². The molecule has 0 saturated heterocycles. The fraction of sp³-hybridized carbons (Fsp3) is 0.280. The maximum Gasteiger partial charge on any atom is 0.407 e. The molecule has 1 unspecified atom stereocenters. The van der Waals surface area contributed by atoms with E-state index in [4.69, 9.17) is 4.74 Å². The smallest absolute Gasteiger partial charge is 0.407 e. The molecule has 1 heterocycles. The van der Waals surface area contributed by atoms with Gasteiger partial charge in [0.1, 0.15) is 12.2 Å². The topological polar surface area (TPSA) is 123 Å². The number of ether oxygens (including phenoxy) is 1. The van der Waals surface area contributed by atoms with Crippen LogP contribution in [-0.4, -0.2) is 46.0 Å². The molecule has 1 aliphatic rings. The third-order valence-corrected chi connectivity index (χ3v) is 6.00. The van der Waals surface area contributed by atoms with Crippen LogP contribution in [0.5, 0.6) is 0 Å². The molecule has 9 nitrogen and oxygen atoms in total. The van der Waals surface area contributed by atoms with E-state index in [-0.39, 0.29) is 30.5 Å². The molecule has 0 fully saturated rings. The fourth-order valence-corrected chi connectivity index (χ4v) is 4.23. The minimum Gasteiger partial charge on any atom is -0.477 e. The molecule has 0 saturated carbocycles. The number of fused-ring (bicyclic) bond motifs is 3. The average molecular weight is 463 g/mol. The molecule has 2 aromatic carbocycles. The first-order valence-electron chi connectivity index (χ1n) is 11.1. The Labute approximate surface area is 196 Å². The van der Waals surface area contributed by atoms with Crippen LogP contribution in [0.15, 0.2) is 54.7 Å². The van der Waals surface area contributed by atoms with Gasteiger partial charge < -0.3 is 20.5 Å². The molecule has 0 aliphatic heterocycles. The summed E-state index contributed by atoms with van der Waals surface area (Å²) in [6.45, 7) is 2.03. The molecule has 0 radical (unpaired) electrons. The van der Waals surface area contributed by atoms with Crippen molar-refractivity contribution in [3.05, 3.63) is 71.4 Å². The van der Waals surface area contributed by atoms with Crippen LogP contribution < -0.4 is 10.6 Å². The number of aromatic nitrogens is 2. The number of rotatable bonds is 8. The lowest BCUT2D eigenvalue weighted by Crippen LogP contribution is -2.36. The zero-order valence-corrected chi connectivity index (χ0v) is 18.9. The van der Waals surface area contributed by atoms with Gasteiger partial charge in [-0.3, -0.25) is 9.48 Å². The second kappa shape index (κ2) is 9.78. The van der Waals surface area contributed by atoms with Gasteiger partial charge in [-0.05, 0) is 28.7 Å². The number of carbonyl (C=O) groups is 3. The lowest BCUT2D eigenvalue weighted by Gasteiger charge is -2.17. The highest BCUT2D eigenvalue weighted by Crippen LogP contribution is 2.44. The quantitative estimate of drug-likeness (QED) is 0.470. The van der Waals surface area contributed by atoms with E-state index in [1.165, 1.54) is 10.9 Å². The molecule has 3 aromatic rings. The first-order chi connectivity index (χ1) is 16.4. The number of nitrogens with zero attached hydrogens (tertiary/aromatic N) is 2. The van der Waals surface area contributed by atoms with E-state index in [0.29, 0.717) is 6.42 Å². The predicted molar refractivity (Wildman–Crippen MR) is 126 cm³/mol. The Morgan fingerprint density at radius 3 is 2.29 bits per heavy atom.